The van der Waals surface area contributed by atoms with E-state index in [1.165, 1.54) is 32.4 Å². The first-order valence-corrected chi connectivity index (χ1v) is 5.98. The SMILES string of the molecule is COc1ccc(Oc2c(OC)ccc(F)c2F)cc1Cl. The van der Waals surface area contributed by atoms with Gasteiger partial charge >= 0.3 is 0 Å². The lowest BCUT2D eigenvalue weighted by Crippen LogP contribution is -1.96. The highest BCUT2D eigenvalue weighted by Gasteiger charge is 2.17. The largest absolute Gasteiger partial charge is 0.495 e. The molecular formula is C14H11ClF2O3. The Morgan fingerprint density at radius 1 is 0.950 bits per heavy atom. The first kappa shape index (κ1) is 14.4. The summed E-state index contributed by atoms with van der Waals surface area (Å²) in [5.74, 6) is -1.73. The lowest BCUT2D eigenvalue weighted by atomic mass is 10.3. The lowest BCUT2D eigenvalue weighted by Gasteiger charge is -2.12. The highest BCUT2D eigenvalue weighted by Crippen LogP contribution is 2.37. The Kier molecular flexibility index (Phi) is 4.29. The van der Waals surface area contributed by atoms with Gasteiger partial charge in [0.1, 0.15) is 11.5 Å². The Labute approximate surface area is 119 Å². The normalized spacial score (nSPS) is 10.2. The molecule has 0 aromatic heterocycles. The third kappa shape index (κ3) is 2.77. The molecule has 20 heavy (non-hydrogen) atoms. The van der Waals surface area contributed by atoms with E-state index in [0.717, 1.165) is 6.07 Å². The molecular weight excluding hydrogens is 290 g/mol. The smallest absolute Gasteiger partial charge is 0.207 e. The minimum Gasteiger partial charge on any atom is -0.495 e. The van der Waals surface area contributed by atoms with Crippen molar-refractivity contribution in [3.05, 3.63) is 47.0 Å². The Morgan fingerprint density at radius 2 is 1.60 bits per heavy atom. The van der Waals surface area contributed by atoms with Crippen LogP contribution in [0.4, 0.5) is 8.78 Å². The van der Waals surface area contributed by atoms with Gasteiger partial charge in [0.05, 0.1) is 19.2 Å². The number of ether oxygens (including phenoxy) is 3. The van der Waals surface area contributed by atoms with Crippen LogP contribution in [0.15, 0.2) is 30.3 Å². The molecule has 6 heteroatoms. The van der Waals surface area contributed by atoms with Crippen LogP contribution in [0.3, 0.4) is 0 Å². The first-order valence-electron chi connectivity index (χ1n) is 5.60. The number of hydrogen-bond donors (Lipinski definition) is 0. The molecule has 0 amide bonds. The van der Waals surface area contributed by atoms with Crippen molar-refractivity contribution in [2.75, 3.05) is 14.2 Å². The quantitative estimate of drug-likeness (QED) is 0.836. The van der Waals surface area contributed by atoms with Gasteiger partial charge in [-0.25, -0.2) is 4.39 Å². The molecule has 0 saturated carbocycles. The van der Waals surface area contributed by atoms with Crippen LogP contribution in [-0.2, 0) is 0 Å². The zero-order chi connectivity index (χ0) is 14.7. The summed E-state index contributed by atoms with van der Waals surface area (Å²) in [5, 5.41) is 0.292. The minimum atomic E-state index is -1.13. The van der Waals surface area contributed by atoms with Gasteiger partial charge < -0.3 is 14.2 Å². The second-order valence-corrected chi connectivity index (χ2v) is 4.20. The molecule has 0 N–H and O–H groups in total. The molecule has 0 radical (unpaired) electrons. The van der Waals surface area contributed by atoms with Crippen LogP contribution in [0.2, 0.25) is 5.02 Å². The van der Waals surface area contributed by atoms with Crippen molar-refractivity contribution >= 4 is 11.6 Å². The molecule has 3 nitrogen and oxygen atoms in total. The fourth-order valence-electron chi connectivity index (χ4n) is 1.60. The minimum absolute atomic E-state index is 0.0795. The summed E-state index contributed by atoms with van der Waals surface area (Å²) in [6, 6.07) is 6.75. The summed E-state index contributed by atoms with van der Waals surface area (Å²) in [5.41, 5.74) is 0. The number of methoxy groups -OCH3 is 2. The van der Waals surface area contributed by atoms with Gasteiger partial charge in [0.2, 0.25) is 11.6 Å². The van der Waals surface area contributed by atoms with Crippen molar-refractivity contribution in [1.29, 1.82) is 0 Å². The molecule has 0 aliphatic rings. The summed E-state index contributed by atoms with van der Waals surface area (Å²) in [7, 11) is 2.80. The molecule has 0 atom stereocenters. The maximum absolute atomic E-state index is 13.7. The average molecular weight is 301 g/mol. The van der Waals surface area contributed by atoms with Crippen LogP contribution in [-0.4, -0.2) is 14.2 Å². The van der Waals surface area contributed by atoms with Crippen molar-refractivity contribution in [3.8, 4) is 23.0 Å². The fourth-order valence-corrected chi connectivity index (χ4v) is 1.85. The van der Waals surface area contributed by atoms with Gasteiger partial charge in [-0.2, -0.15) is 4.39 Å². The van der Waals surface area contributed by atoms with E-state index in [1.807, 2.05) is 0 Å². The highest BCUT2D eigenvalue weighted by atomic mass is 35.5. The van der Waals surface area contributed by atoms with Gasteiger partial charge in [0, 0.05) is 6.07 Å². The molecule has 106 valence electrons. The van der Waals surface area contributed by atoms with E-state index in [0.29, 0.717) is 10.8 Å². The Bertz CT molecular complexity index is 632. The van der Waals surface area contributed by atoms with E-state index < -0.39 is 11.6 Å². The van der Waals surface area contributed by atoms with Crippen molar-refractivity contribution in [3.63, 3.8) is 0 Å². The zero-order valence-corrected chi connectivity index (χ0v) is 11.5. The number of rotatable bonds is 4. The van der Waals surface area contributed by atoms with Crippen molar-refractivity contribution in [2.45, 2.75) is 0 Å². The zero-order valence-electron chi connectivity index (χ0n) is 10.7. The maximum Gasteiger partial charge on any atom is 0.207 e. The van der Waals surface area contributed by atoms with Crippen molar-refractivity contribution in [1.82, 2.24) is 0 Å². The molecule has 0 fully saturated rings. The topological polar surface area (TPSA) is 27.7 Å². The fraction of sp³-hybridized carbons (Fsp3) is 0.143. The van der Waals surface area contributed by atoms with Gasteiger partial charge in [0.25, 0.3) is 0 Å². The Balaban J connectivity index is 2.39. The summed E-state index contributed by atoms with van der Waals surface area (Å²) < 4.78 is 42.2. The molecule has 0 spiro atoms. The summed E-state index contributed by atoms with van der Waals surface area (Å²) in [6.45, 7) is 0. The predicted molar refractivity (Wildman–Crippen MR) is 71.0 cm³/mol. The van der Waals surface area contributed by atoms with E-state index in [2.05, 4.69) is 0 Å². The molecule has 2 aromatic rings. The Hall–Kier alpha value is -2.01. The summed E-state index contributed by atoms with van der Waals surface area (Å²) in [6.07, 6.45) is 0. The van der Waals surface area contributed by atoms with Crippen LogP contribution in [0.5, 0.6) is 23.0 Å². The molecule has 0 aliphatic carbocycles. The van der Waals surface area contributed by atoms with Crippen molar-refractivity contribution in [2.24, 2.45) is 0 Å². The number of hydrogen-bond acceptors (Lipinski definition) is 3. The van der Waals surface area contributed by atoms with Crippen LogP contribution >= 0.6 is 11.6 Å². The van der Waals surface area contributed by atoms with Crippen LogP contribution in [0, 0.1) is 11.6 Å². The van der Waals surface area contributed by atoms with E-state index in [-0.39, 0.29) is 17.2 Å². The van der Waals surface area contributed by atoms with Gasteiger partial charge in [-0.1, -0.05) is 11.6 Å². The van der Waals surface area contributed by atoms with Gasteiger partial charge in [-0.3, -0.25) is 0 Å². The summed E-state index contributed by atoms with van der Waals surface area (Å²) >= 11 is 5.94. The van der Waals surface area contributed by atoms with E-state index in [1.54, 1.807) is 6.07 Å². The van der Waals surface area contributed by atoms with E-state index in [9.17, 15) is 8.78 Å². The van der Waals surface area contributed by atoms with Gasteiger partial charge in [0.15, 0.2) is 11.6 Å². The average Bonchev–Trinajstić information content (AvgIpc) is 2.44. The van der Waals surface area contributed by atoms with Crippen LogP contribution in [0.25, 0.3) is 0 Å². The molecule has 0 heterocycles. The molecule has 0 bridgehead atoms. The van der Waals surface area contributed by atoms with Crippen LogP contribution < -0.4 is 14.2 Å². The predicted octanol–water partition coefficient (Wildman–Crippen LogP) is 4.43. The van der Waals surface area contributed by atoms with Gasteiger partial charge in [-0.05, 0) is 24.3 Å². The highest BCUT2D eigenvalue weighted by molar-refractivity contribution is 6.32. The Morgan fingerprint density at radius 3 is 2.20 bits per heavy atom. The second-order valence-electron chi connectivity index (χ2n) is 3.79. The summed E-state index contributed by atoms with van der Waals surface area (Å²) in [4.78, 5) is 0. The number of halogens is 3. The lowest BCUT2D eigenvalue weighted by molar-refractivity contribution is 0.353. The molecule has 0 unspecified atom stereocenters. The molecule has 0 aliphatic heterocycles. The maximum atomic E-state index is 13.7. The van der Waals surface area contributed by atoms with Crippen molar-refractivity contribution < 1.29 is 23.0 Å². The first-order chi connectivity index (χ1) is 9.56. The third-order valence-corrected chi connectivity index (χ3v) is 2.87. The van der Waals surface area contributed by atoms with E-state index >= 15 is 0 Å². The standard InChI is InChI=1S/C14H11ClF2O3/c1-18-11-5-3-8(7-9(11)15)20-14-12(19-2)6-4-10(16)13(14)17/h3-7H,1-2H3. The number of benzene rings is 2. The molecule has 2 rings (SSSR count). The van der Waals surface area contributed by atoms with Gasteiger partial charge in [-0.15, -0.1) is 0 Å². The molecule has 2 aromatic carbocycles. The molecule has 0 saturated heterocycles. The second kappa shape index (κ2) is 5.96. The van der Waals surface area contributed by atoms with Crippen LogP contribution in [0.1, 0.15) is 0 Å². The monoisotopic (exact) mass is 300 g/mol. The third-order valence-electron chi connectivity index (χ3n) is 2.58. The van der Waals surface area contributed by atoms with E-state index in [4.69, 9.17) is 25.8 Å².